The van der Waals surface area contributed by atoms with Crippen LogP contribution < -0.4 is 5.32 Å². The molecule has 0 aliphatic rings. The molecule has 0 saturated carbocycles. The summed E-state index contributed by atoms with van der Waals surface area (Å²) in [6, 6.07) is 14.9. The number of nitrogens with one attached hydrogen (secondary N) is 1. The van der Waals surface area contributed by atoms with E-state index in [0.29, 0.717) is 0 Å². The van der Waals surface area contributed by atoms with Gasteiger partial charge in [0.25, 0.3) is 0 Å². The molecule has 0 radical (unpaired) electrons. The van der Waals surface area contributed by atoms with E-state index in [9.17, 15) is 0 Å². The lowest BCUT2D eigenvalue weighted by Crippen LogP contribution is -2.00. The molecule has 0 atom stereocenters. The molecule has 26 heavy (non-hydrogen) atoms. The predicted molar refractivity (Wildman–Crippen MR) is 112 cm³/mol. The number of anilines is 2. The molecule has 4 aromatic rings. The maximum Gasteiger partial charge on any atom is 0.143 e. The van der Waals surface area contributed by atoms with Crippen LogP contribution in [0, 0.1) is 27.7 Å². The van der Waals surface area contributed by atoms with Crippen molar-refractivity contribution >= 4 is 33.1 Å². The van der Waals surface area contributed by atoms with E-state index in [2.05, 4.69) is 79.4 Å². The summed E-state index contributed by atoms with van der Waals surface area (Å²) in [6.45, 7) is 8.55. The Bertz CT molecular complexity index is 1070. The number of nitrogens with zero attached hydrogens (tertiary/aromatic N) is 2. The van der Waals surface area contributed by atoms with Crippen LogP contribution in [0.25, 0.3) is 21.3 Å². The summed E-state index contributed by atoms with van der Waals surface area (Å²) in [5.41, 5.74) is 7.26. The lowest BCUT2D eigenvalue weighted by atomic mass is 10.0. The quantitative estimate of drug-likeness (QED) is 0.464. The monoisotopic (exact) mass is 359 g/mol. The van der Waals surface area contributed by atoms with Crippen LogP contribution in [0.1, 0.15) is 21.6 Å². The third-order valence-electron chi connectivity index (χ3n) is 4.65. The van der Waals surface area contributed by atoms with E-state index < -0.39 is 0 Å². The highest BCUT2D eigenvalue weighted by atomic mass is 32.1. The first-order valence-corrected chi connectivity index (χ1v) is 9.50. The molecule has 2 heterocycles. The van der Waals surface area contributed by atoms with Gasteiger partial charge in [0.05, 0.1) is 5.39 Å². The molecule has 2 aromatic heterocycles. The molecule has 1 N–H and O–H groups in total. The Kier molecular flexibility index (Phi) is 4.21. The molecule has 0 bridgehead atoms. The molecular formula is C22H21N3S. The Morgan fingerprint density at radius 1 is 0.885 bits per heavy atom. The summed E-state index contributed by atoms with van der Waals surface area (Å²) in [5, 5.41) is 4.69. The van der Waals surface area contributed by atoms with Crippen LogP contribution in [-0.2, 0) is 0 Å². The van der Waals surface area contributed by atoms with Crippen LogP contribution in [0.5, 0.6) is 0 Å². The lowest BCUT2D eigenvalue weighted by molar-refractivity contribution is 1.22. The minimum atomic E-state index is 0.869. The zero-order valence-corrected chi connectivity index (χ0v) is 16.2. The third-order valence-corrected chi connectivity index (χ3v) is 5.66. The van der Waals surface area contributed by atoms with Crippen LogP contribution in [-0.4, -0.2) is 9.97 Å². The molecule has 0 saturated heterocycles. The smallest absolute Gasteiger partial charge is 0.143 e. The summed E-state index contributed by atoms with van der Waals surface area (Å²) >= 11 is 1.72. The van der Waals surface area contributed by atoms with E-state index in [4.69, 9.17) is 0 Å². The zero-order valence-electron chi connectivity index (χ0n) is 15.4. The number of rotatable bonds is 3. The van der Waals surface area contributed by atoms with Crippen LogP contribution in [0.2, 0.25) is 0 Å². The fourth-order valence-corrected chi connectivity index (χ4v) is 4.60. The minimum Gasteiger partial charge on any atom is -0.339 e. The predicted octanol–water partition coefficient (Wildman–Crippen LogP) is 6.34. The summed E-state index contributed by atoms with van der Waals surface area (Å²) in [5.74, 6) is 0.869. The van der Waals surface area contributed by atoms with Crippen molar-refractivity contribution < 1.29 is 0 Å². The molecule has 0 unspecified atom stereocenters. The van der Waals surface area contributed by atoms with Gasteiger partial charge in [-0.3, -0.25) is 0 Å². The molecule has 0 aliphatic carbocycles. The first kappa shape index (κ1) is 16.7. The van der Waals surface area contributed by atoms with E-state index in [1.165, 1.54) is 32.7 Å². The van der Waals surface area contributed by atoms with Gasteiger partial charge in [-0.1, -0.05) is 48.0 Å². The molecule has 0 amide bonds. The summed E-state index contributed by atoms with van der Waals surface area (Å²) in [4.78, 5) is 11.4. The van der Waals surface area contributed by atoms with Crippen molar-refractivity contribution in [2.24, 2.45) is 0 Å². The molecule has 130 valence electrons. The second-order valence-corrected chi connectivity index (χ2v) is 7.90. The van der Waals surface area contributed by atoms with Gasteiger partial charge in [0, 0.05) is 16.1 Å². The van der Waals surface area contributed by atoms with E-state index in [0.717, 1.165) is 21.7 Å². The Morgan fingerprint density at radius 3 is 2.27 bits per heavy atom. The second-order valence-electron chi connectivity index (χ2n) is 6.70. The molecule has 0 fully saturated rings. The largest absolute Gasteiger partial charge is 0.339 e. The molecule has 0 aliphatic heterocycles. The molecular weight excluding hydrogens is 338 g/mol. The summed E-state index contributed by atoms with van der Waals surface area (Å²) < 4.78 is 0. The number of thiophene rings is 1. The Balaban J connectivity index is 1.92. The maximum absolute atomic E-state index is 4.59. The summed E-state index contributed by atoms with van der Waals surface area (Å²) in [7, 11) is 0. The van der Waals surface area contributed by atoms with Crippen LogP contribution in [0.4, 0.5) is 11.5 Å². The average molecular weight is 359 g/mol. The Labute approximate surface area is 157 Å². The van der Waals surface area contributed by atoms with Crippen molar-refractivity contribution in [1.29, 1.82) is 0 Å². The minimum absolute atomic E-state index is 0.869. The van der Waals surface area contributed by atoms with Crippen molar-refractivity contribution in [3.05, 3.63) is 70.4 Å². The van der Waals surface area contributed by atoms with E-state index >= 15 is 0 Å². The maximum atomic E-state index is 4.59. The van der Waals surface area contributed by atoms with E-state index in [1.807, 2.05) is 6.07 Å². The summed E-state index contributed by atoms with van der Waals surface area (Å²) in [6.07, 6.45) is 1.65. The SMILES string of the molecule is Cc1cc(C)c(Nc2ncnc3sc(C)c(-c4ccccc4)c23)c(C)c1. The van der Waals surface area contributed by atoms with Gasteiger partial charge < -0.3 is 5.32 Å². The zero-order chi connectivity index (χ0) is 18.3. The van der Waals surface area contributed by atoms with Crippen molar-refractivity contribution in [2.75, 3.05) is 5.32 Å². The number of hydrogen-bond acceptors (Lipinski definition) is 4. The Morgan fingerprint density at radius 2 is 1.58 bits per heavy atom. The van der Waals surface area contributed by atoms with Gasteiger partial charge in [0.2, 0.25) is 0 Å². The molecule has 0 spiro atoms. The molecule has 3 nitrogen and oxygen atoms in total. The number of aryl methyl sites for hydroxylation is 4. The van der Waals surface area contributed by atoms with Gasteiger partial charge in [-0.15, -0.1) is 11.3 Å². The highest BCUT2D eigenvalue weighted by Crippen LogP contribution is 2.41. The van der Waals surface area contributed by atoms with Crippen LogP contribution in [0.3, 0.4) is 0 Å². The normalized spacial score (nSPS) is 11.1. The molecule has 4 heteroatoms. The fourth-order valence-electron chi connectivity index (χ4n) is 3.59. The third kappa shape index (κ3) is 2.86. The van der Waals surface area contributed by atoms with Gasteiger partial charge in [-0.25, -0.2) is 9.97 Å². The van der Waals surface area contributed by atoms with Crippen molar-refractivity contribution in [2.45, 2.75) is 27.7 Å². The van der Waals surface area contributed by atoms with Gasteiger partial charge in [-0.2, -0.15) is 0 Å². The number of benzene rings is 2. The topological polar surface area (TPSA) is 37.8 Å². The van der Waals surface area contributed by atoms with Crippen molar-refractivity contribution in [3.63, 3.8) is 0 Å². The second kappa shape index (κ2) is 6.54. The van der Waals surface area contributed by atoms with Gasteiger partial charge in [0.15, 0.2) is 0 Å². The first-order valence-electron chi connectivity index (χ1n) is 8.69. The van der Waals surface area contributed by atoms with E-state index in [1.54, 1.807) is 17.7 Å². The van der Waals surface area contributed by atoms with Crippen molar-refractivity contribution in [3.8, 4) is 11.1 Å². The van der Waals surface area contributed by atoms with Gasteiger partial charge >= 0.3 is 0 Å². The van der Waals surface area contributed by atoms with Crippen molar-refractivity contribution in [1.82, 2.24) is 9.97 Å². The van der Waals surface area contributed by atoms with E-state index in [-0.39, 0.29) is 0 Å². The number of hydrogen-bond donors (Lipinski definition) is 1. The average Bonchev–Trinajstić information content (AvgIpc) is 2.95. The number of aromatic nitrogens is 2. The molecule has 4 rings (SSSR count). The fraction of sp³-hybridized carbons (Fsp3) is 0.182. The van der Waals surface area contributed by atoms with Crippen LogP contribution >= 0.6 is 11.3 Å². The standard InChI is InChI=1S/C22H21N3S/c1-13-10-14(2)20(15(3)11-13)25-21-19-18(17-8-6-5-7-9-17)16(4)26-22(19)24-12-23-21/h5-12H,1-4H3,(H,23,24,25). The molecule has 2 aromatic carbocycles. The number of fused-ring (bicyclic) bond motifs is 1. The van der Waals surface area contributed by atoms with Gasteiger partial charge in [0.1, 0.15) is 17.0 Å². The Hall–Kier alpha value is -2.72. The van der Waals surface area contributed by atoms with Gasteiger partial charge in [-0.05, 0) is 44.4 Å². The lowest BCUT2D eigenvalue weighted by Gasteiger charge is -2.14. The highest BCUT2D eigenvalue weighted by Gasteiger charge is 2.17. The van der Waals surface area contributed by atoms with Crippen LogP contribution in [0.15, 0.2) is 48.8 Å². The first-order chi connectivity index (χ1) is 12.5. The highest BCUT2D eigenvalue weighted by molar-refractivity contribution is 7.19.